The molecule has 106 valence electrons. The van der Waals surface area contributed by atoms with Crippen molar-refractivity contribution in [3.8, 4) is 0 Å². The fraction of sp³-hybridized carbons (Fsp3) is 0.154. The Morgan fingerprint density at radius 1 is 1.33 bits per heavy atom. The first kappa shape index (κ1) is 13.4. The average Bonchev–Trinajstić information content (AvgIpc) is 2.97. The lowest BCUT2D eigenvalue weighted by atomic mass is 10.3. The lowest BCUT2D eigenvalue weighted by molar-refractivity contribution is 0.0702. The maximum absolute atomic E-state index is 10.9. The van der Waals surface area contributed by atoms with Gasteiger partial charge < -0.3 is 10.4 Å². The van der Waals surface area contributed by atoms with Crippen LogP contribution in [0.1, 0.15) is 27.6 Å². The van der Waals surface area contributed by atoms with Gasteiger partial charge in [-0.25, -0.2) is 19.7 Å². The molecular weight excluding hydrogens is 290 g/mol. The topological polar surface area (TPSA) is 101 Å². The molecule has 3 aromatic rings. The van der Waals surface area contributed by atoms with Crippen LogP contribution in [0.2, 0.25) is 0 Å². The molecule has 0 spiro atoms. The number of carbonyl (C=O) groups is 1. The zero-order valence-corrected chi connectivity index (χ0v) is 11.8. The summed E-state index contributed by atoms with van der Waals surface area (Å²) < 4.78 is 0. The van der Waals surface area contributed by atoms with E-state index in [1.807, 2.05) is 19.1 Å². The Morgan fingerprint density at radius 3 is 2.95 bits per heavy atom. The highest BCUT2D eigenvalue weighted by Gasteiger charge is 2.15. The highest BCUT2D eigenvalue weighted by Crippen LogP contribution is 2.22. The van der Waals surface area contributed by atoms with E-state index in [0.717, 1.165) is 16.7 Å². The number of aromatic carboxylic acids is 1. The molecule has 0 radical (unpaired) electrons. The molecule has 0 amide bonds. The molecule has 0 fully saturated rings. The van der Waals surface area contributed by atoms with Gasteiger partial charge in [0.1, 0.15) is 9.88 Å². The first-order valence-corrected chi connectivity index (χ1v) is 6.98. The van der Waals surface area contributed by atoms with Gasteiger partial charge in [-0.05, 0) is 19.1 Å². The number of anilines is 1. The lowest BCUT2D eigenvalue weighted by Gasteiger charge is -2.10. The third-order valence-corrected chi connectivity index (χ3v) is 3.97. The summed E-state index contributed by atoms with van der Waals surface area (Å²) in [5, 5.41) is 13.5. The number of fused-ring (bicyclic) bond motifs is 1. The monoisotopic (exact) mass is 301 g/mol. The summed E-state index contributed by atoms with van der Waals surface area (Å²) in [5.74, 6) is -0.544. The summed E-state index contributed by atoms with van der Waals surface area (Å²) in [6, 6.07) is 3.52. The number of rotatable bonds is 4. The molecule has 3 heterocycles. The minimum atomic E-state index is -0.975. The Bertz CT molecular complexity index is 804. The quantitative estimate of drug-likeness (QED) is 0.762. The largest absolute Gasteiger partial charge is 0.477 e. The molecule has 0 aliphatic carbocycles. The number of aromatic nitrogens is 4. The van der Waals surface area contributed by atoms with Crippen molar-refractivity contribution in [3.05, 3.63) is 40.6 Å². The van der Waals surface area contributed by atoms with E-state index in [-0.39, 0.29) is 10.9 Å². The van der Waals surface area contributed by atoms with Crippen molar-refractivity contribution in [2.45, 2.75) is 13.0 Å². The van der Waals surface area contributed by atoms with Crippen LogP contribution in [0.25, 0.3) is 11.0 Å². The highest BCUT2D eigenvalue weighted by atomic mass is 32.1. The van der Waals surface area contributed by atoms with Crippen molar-refractivity contribution in [1.82, 2.24) is 19.9 Å². The summed E-state index contributed by atoms with van der Waals surface area (Å²) in [6.07, 6.45) is 4.71. The van der Waals surface area contributed by atoms with Gasteiger partial charge in [0.05, 0.1) is 12.2 Å². The third-order valence-electron chi connectivity index (χ3n) is 2.80. The van der Waals surface area contributed by atoms with Crippen LogP contribution in [-0.2, 0) is 0 Å². The zero-order chi connectivity index (χ0) is 14.8. The number of carboxylic acids is 1. The van der Waals surface area contributed by atoms with Gasteiger partial charge in [0.2, 0.25) is 5.95 Å². The fourth-order valence-corrected chi connectivity index (χ4v) is 2.53. The smallest absolute Gasteiger partial charge is 0.347 e. The molecule has 3 rings (SSSR count). The SMILES string of the molecule is CC(Nc1ncc2cccnc2n1)c1ncc(C(=O)O)s1. The van der Waals surface area contributed by atoms with Crippen LogP contribution in [0.3, 0.4) is 0 Å². The Hall–Kier alpha value is -2.61. The van der Waals surface area contributed by atoms with Crippen LogP contribution in [0.4, 0.5) is 5.95 Å². The summed E-state index contributed by atoms with van der Waals surface area (Å²) in [6.45, 7) is 1.87. The Labute approximate surface area is 123 Å². The second-order valence-electron chi connectivity index (χ2n) is 4.34. The Morgan fingerprint density at radius 2 is 2.19 bits per heavy atom. The van der Waals surface area contributed by atoms with Crippen LogP contribution in [0.15, 0.2) is 30.7 Å². The molecule has 7 nitrogen and oxygen atoms in total. The minimum absolute atomic E-state index is 0.190. The molecule has 0 bridgehead atoms. The summed E-state index contributed by atoms with van der Waals surface area (Å²) in [4.78, 5) is 27.9. The maximum Gasteiger partial charge on any atom is 0.347 e. The first-order chi connectivity index (χ1) is 10.1. The number of nitrogens with zero attached hydrogens (tertiary/aromatic N) is 4. The first-order valence-electron chi connectivity index (χ1n) is 6.17. The number of carboxylic acid groups (broad SMARTS) is 1. The van der Waals surface area contributed by atoms with Gasteiger partial charge in [-0.1, -0.05) is 0 Å². The fourth-order valence-electron chi connectivity index (χ4n) is 1.78. The van der Waals surface area contributed by atoms with E-state index in [4.69, 9.17) is 5.11 Å². The van der Waals surface area contributed by atoms with Crippen LogP contribution in [0, 0.1) is 0 Å². The highest BCUT2D eigenvalue weighted by molar-refractivity contribution is 7.13. The van der Waals surface area contributed by atoms with E-state index in [1.165, 1.54) is 6.20 Å². The van der Waals surface area contributed by atoms with Crippen LogP contribution >= 0.6 is 11.3 Å². The van der Waals surface area contributed by atoms with Gasteiger partial charge in [-0.15, -0.1) is 11.3 Å². The van der Waals surface area contributed by atoms with E-state index < -0.39 is 5.97 Å². The molecule has 0 saturated heterocycles. The molecule has 0 aromatic carbocycles. The predicted molar refractivity (Wildman–Crippen MR) is 78.4 cm³/mol. The lowest BCUT2D eigenvalue weighted by Crippen LogP contribution is -2.09. The van der Waals surface area contributed by atoms with Crippen LogP contribution < -0.4 is 5.32 Å². The second-order valence-corrected chi connectivity index (χ2v) is 5.41. The van der Waals surface area contributed by atoms with Crippen molar-refractivity contribution in [3.63, 3.8) is 0 Å². The Balaban J connectivity index is 1.81. The van der Waals surface area contributed by atoms with E-state index in [1.54, 1.807) is 12.4 Å². The van der Waals surface area contributed by atoms with Crippen molar-refractivity contribution >= 4 is 34.3 Å². The molecular formula is C13H11N5O2S. The molecule has 1 unspecified atom stereocenters. The number of hydrogen-bond donors (Lipinski definition) is 2. The molecule has 0 saturated carbocycles. The Kier molecular flexibility index (Phi) is 3.44. The van der Waals surface area contributed by atoms with Gasteiger partial charge in [0.15, 0.2) is 5.65 Å². The van der Waals surface area contributed by atoms with Gasteiger partial charge in [-0.2, -0.15) is 4.98 Å². The molecule has 8 heteroatoms. The van der Waals surface area contributed by atoms with Crippen LogP contribution in [-0.4, -0.2) is 31.0 Å². The van der Waals surface area contributed by atoms with Crippen molar-refractivity contribution in [1.29, 1.82) is 0 Å². The standard InChI is InChI=1S/C13H11N5O2S/c1-7(11-15-6-9(21-11)12(19)20)17-13-16-5-8-3-2-4-14-10(8)18-13/h2-7H,1H3,(H,19,20)(H,14,16,17,18). The number of pyridine rings is 1. The normalized spacial score (nSPS) is 12.2. The maximum atomic E-state index is 10.9. The van der Waals surface area contributed by atoms with Gasteiger partial charge in [0.25, 0.3) is 0 Å². The van der Waals surface area contributed by atoms with E-state index in [2.05, 4.69) is 25.3 Å². The van der Waals surface area contributed by atoms with Crippen molar-refractivity contribution < 1.29 is 9.90 Å². The van der Waals surface area contributed by atoms with Gasteiger partial charge >= 0.3 is 5.97 Å². The summed E-state index contributed by atoms with van der Waals surface area (Å²) in [7, 11) is 0. The average molecular weight is 301 g/mol. The second kappa shape index (κ2) is 5.41. The van der Waals surface area contributed by atoms with E-state index in [0.29, 0.717) is 16.6 Å². The van der Waals surface area contributed by atoms with Crippen molar-refractivity contribution in [2.24, 2.45) is 0 Å². The zero-order valence-electron chi connectivity index (χ0n) is 11.0. The minimum Gasteiger partial charge on any atom is -0.477 e. The molecule has 0 aliphatic rings. The predicted octanol–water partition coefficient (Wildman–Crippen LogP) is 2.35. The number of nitrogens with one attached hydrogen (secondary N) is 1. The summed E-state index contributed by atoms with van der Waals surface area (Å²) in [5.41, 5.74) is 0.604. The van der Waals surface area contributed by atoms with E-state index >= 15 is 0 Å². The van der Waals surface area contributed by atoms with Crippen molar-refractivity contribution in [2.75, 3.05) is 5.32 Å². The summed E-state index contributed by atoms with van der Waals surface area (Å²) >= 11 is 1.13. The molecule has 3 aromatic heterocycles. The molecule has 21 heavy (non-hydrogen) atoms. The third kappa shape index (κ3) is 2.79. The van der Waals surface area contributed by atoms with Crippen LogP contribution in [0.5, 0.6) is 0 Å². The van der Waals surface area contributed by atoms with E-state index in [9.17, 15) is 4.79 Å². The van der Waals surface area contributed by atoms with Gasteiger partial charge in [-0.3, -0.25) is 0 Å². The van der Waals surface area contributed by atoms with Gasteiger partial charge in [0, 0.05) is 17.8 Å². The number of thiazole rings is 1. The molecule has 1 atom stereocenters. The molecule has 0 aliphatic heterocycles. The number of hydrogen-bond acceptors (Lipinski definition) is 7. The molecule has 2 N–H and O–H groups in total.